The van der Waals surface area contributed by atoms with Crippen LogP contribution in [0.3, 0.4) is 0 Å². The predicted octanol–water partition coefficient (Wildman–Crippen LogP) is -2.93. The quantitative estimate of drug-likeness (QED) is 0.361. The van der Waals surface area contributed by atoms with Crippen molar-refractivity contribution in [1.29, 1.82) is 0 Å². The zero-order chi connectivity index (χ0) is 16.9. The van der Waals surface area contributed by atoms with Crippen LogP contribution in [0, 0.1) is 0 Å². The molecule has 5 N–H and O–H groups in total. The fraction of sp³-hybridized carbons (Fsp3) is 0.929. The van der Waals surface area contributed by atoms with E-state index in [1.807, 2.05) is 0 Å². The first kappa shape index (κ1) is 17.2. The van der Waals surface area contributed by atoms with Gasteiger partial charge in [0.25, 0.3) is 5.79 Å². The maximum Gasteiger partial charge on any atom is 0.280 e. The monoisotopic (exact) mass is 332 g/mol. The Morgan fingerprint density at radius 3 is 2.35 bits per heavy atom. The Hall–Kier alpha value is -0.650. The van der Waals surface area contributed by atoms with Gasteiger partial charge in [0.15, 0.2) is 5.78 Å². The van der Waals surface area contributed by atoms with Gasteiger partial charge >= 0.3 is 0 Å². The number of hydrogen-bond acceptors (Lipinski definition) is 9. The summed E-state index contributed by atoms with van der Waals surface area (Å²) >= 11 is 0. The molecule has 1 unspecified atom stereocenters. The minimum absolute atomic E-state index is 0.00220. The minimum atomic E-state index is -2.23. The van der Waals surface area contributed by atoms with Crippen LogP contribution in [0.15, 0.2) is 0 Å². The number of fused-ring (bicyclic) bond motifs is 2. The summed E-state index contributed by atoms with van der Waals surface area (Å²) in [6.45, 7) is 1.70. The molecule has 9 atom stereocenters. The van der Waals surface area contributed by atoms with Crippen molar-refractivity contribution >= 4 is 5.78 Å². The van der Waals surface area contributed by atoms with E-state index >= 15 is 0 Å². The van der Waals surface area contributed by atoms with Crippen LogP contribution < -0.4 is 10.6 Å². The van der Waals surface area contributed by atoms with Crippen molar-refractivity contribution in [3.63, 3.8) is 0 Å². The summed E-state index contributed by atoms with van der Waals surface area (Å²) in [6, 6.07) is -1.29. The van der Waals surface area contributed by atoms with Gasteiger partial charge in [0.05, 0.1) is 24.3 Å². The maximum atomic E-state index is 12.2. The topological polar surface area (TPSA) is 130 Å². The zero-order valence-electron chi connectivity index (χ0n) is 13.3. The predicted molar refractivity (Wildman–Crippen MR) is 76.4 cm³/mol. The molecule has 2 aliphatic heterocycles. The fourth-order valence-electron chi connectivity index (χ4n) is 3.68. The van der Waals surface area contributed by atoms with Crippen LogP contribution in [0.2, 0.25) is 0 Å². The third-order valence-electron chi connectivity index (χ3n) is 4.93. The standard InChI is InChI=1S/C14H24N2O7/c1-5-4-6(17)14(20)13(21-5)22-12-10(19)7(15-2)9(18)8(16-3)11(12)23-14/h5,7-13,15-16,18-20H,4H2,1-3H3/t5?,7-,8+,9+,10+,11-,12-,13+,14+/m1/s1. The van der Waals surface area contributed by atoms with E-state index in [2.05, 4.69) is 10.6 Å². The van der Waals surface area contributed by atoms with Gasteiger partial charge in [0.1, 0.15) is 18.3 Å². The fourth-order valence-corrected chi connectivity index (χ4v) is 3.68. The Morgan fingerprint density at radius 2 is 1.74 bits per heavy atom. The van der Waals surface area contributed by atoms with Crippen molar-refractivity contribution in [3.8, 4) is 0 Å². The lowest BCUT2D eigenvalue weighted by molar-refractivity contribution is -0.420. The molecular formula is C14H24N2O7. The van der Waals surface area contributed by atoms with Crippen LogP contribution in [0.1, 0.15) is 13.3 Å². The number of carbonyl (C=O) groups is 1. The molecule has 3 rings (SSSR count). The van der Waals surface area contributed by atoms with Gasteiger partial charge in [-0.25, -0.2) is 0 Å². The third-order valence-corrected chi connectivity index (χ3v) is 4.93. The summed E-state index contributed by atoms with van der Waals surface area (Å²) in [5, 5.41) is 37.2. The lowest BCUT2D eigenvalue weighted by atomic mass is 9.80. The first-order valence-electron chi connectivity index (χ1n) is 7.78. The molecule has 9 nitrogen and oxygen atoms in total. The number of Topliss-reactive ketones (excluding diaryl/α,β-unsaturated/α-hetero) is 1. The second-order valence-electron chi connectivity index (χ2n) is 6.40. The van der Waals surface area contributed by atoms with Gasteiger partial charge in [-0.1, -0.05) is 0 Å². The van der Waals surface area contributed by atoms with Crippen molar-refractivity contribution in [2.75, 3.05) is 14.1 Å². The molecule has 3 aliphatic rings. The van der Waals surface area contributed by atoms with E-state index < -0.39 is 60.5 Å². The lowest BCUT2D eigenvalue weighted by Crippen LogP contribution is -2.77. The molecule has 0 amide bonds. The van der Waals surface area contributed by atoms with E-state index in [0.717, 1.165) is 0 Å². The summed E-state index contributed by atoms with van der Waals surface area (Å²) in [7, 11) is 3.24. The van der Waals surface area contributed by atoms with E-state index in [1.54, 1.807) is 21.0 Å². The van der Waals surface area contributed by atoms with E-state index in [0.29, 0.717) is 0 Å². The van der Waals surface area contributed by atoms with E-state index in [1.165, 1.54) is 0 Å². The normalized spacial score (nSPS) is 53.6. The molecule has 0 bridgehead atoms. The van der Waals surface area contributed by atoms with Crippen molar-refractivity contribution < 1.29 is 34.3 Å². The molecule has 0 spiro atoms. The van der Waals surface area contributed by atoms with Gasteiger partial charge in [-0.05, 0) is 21.0 Å². The van der Waals surface area contributed by atoms with Crippen LogP contribution in [0.25, 0.3) is 0 Å². The van der Waals surface area contributed by atoms with Gasteiger partial charge in [-0.3, -0.25) is 4.79 Å². The number of nitrogens with one attached hydrogen (secondary N) is 2. The Labute approximate surface area is 133 Å². The Balaban J connectivity index is 1.92. The third kappa shape index (κ3) is 2.52. The number of hydrogen-bond donors (Lipinski definition) is 5. The SMILES string of the molecule is CN[C@@H]1[C@H](O)[C@H](NC)[C@H]2O[C@@]3(O)C(=O)CC(C)O[C@H]3O[C@@H]2[C@H]1O. The van der Waals surface area contributed by atoms with Crippen LogP contribution in [-0.2, 0) is 19.0 Å². The first-order valence-corrected chi connectivity index (χ1v) is 7.78. The molecular weight excluding hydrogens is 308 g/mol. The van der Waals surface area contributed by atoms with Crippen molar-refractivity contribution in [3.05, 3.63) is 0 Å². The molecule has 1 saturated carbocycles. The van der Waals surface area contributed by atoms with Gasteiger partial charge in [0.2, 0.25) is 6.29 Å². The Morgan fingerprint density at radius 1 is 1.09 bits per heavy atom. The summed E-state index contributed by atoms with van der Waals surface area (Å²) in [5.74, 6) is -2.76. The maximum absolute atomic E-state index is 12.2. The van der Waals surface area contributed by atoms with Crippen LogP contribution in [0.5, 0.6) is 0 Å². The molecule has 1 aliphatic carbocycles. The van der Waals surface area contributed by atoms with Gasteiger partial charge in [0, 0.05) is 6.42 Å². The molecule has 2 heterocycles. The molecule has 23 heavy (non-hydrogen) atoms. The highest BCUT2D eigenvalue weighted by atomic mass is 16.8. The average Bonchev–Trinajstić information content (AvgIpc) is 2.49. The first-order chi connectivity index (χ1) is 10.8. The summed E-state index contributed by atoms with van der Waals surface area (Å²) in [4.78, 5) is 12.2. The van der Waals surface area contributed by atoms with Crippen LogP contribution >= 0.6 is 0 Å². The summed E-state index contributed by atoms with van der Waals surface area (Å²) in [5.41, 5.74) is 0. The number of aliphatic hydroxyl groups is 3. The Kier molecular flexibility index (Phi) is 4.49. The number of ether oxygens (including phenoxy) is 3. The highest BCUT2D eigenvalue weighted by Gasteiger charge is 2.63. The summed E-state index contributed by atoms with van der Waals surface area (Å²) < 4.78 is 16.8. The Bertz CT molecular complexity index is 478. The molecule has 0 aromatic carbocycles. The highest BCUT2D eigenvalue weighted by Crippen LogP contribution is 2.40. The van der Waals surface area contributed by atoms with E-state index in [4.69, 9.17) is 14.2 Å². The number of ketones is 1. The van der Waals surface area contributed by atoms with E-state index in [9.17, 15) is 20.1 Å². The van der Waals surface area contributed by atoms with Crippen molar-refractivity contribution in [1.82, 2.24) is 10.6 Å². The zero-order valence-corrected chi connectivity index (χ0v) is 13.3. The highest BCUT2D eigenvalue weighted by molar-refractivity contribution is 5.87. The van der Waals surface area contributed by atoms with Crippen molar-refractivity contribution in [2.45, 2.75) is 68.0 Å². The smallest absolute Gasteiger partial charge is 0.280 e. The number of likely N-dealkylation sites (N-methyl/N-ethyl adjacent to an activating group) is 2. The van der Waals surface area contributed by atoms with E-state index in [-0.39, 0.29) is 6.42 Å². The van der Waals surface area contributed by atoms with Crippen LogP contribution in [-0.4, -0.2) is 89.9 Å². The summed E-state index contributed by atoms with van der Waals surface area (Å²) in [6.07, 6.45) is -5.58. The number of aliphatic hydroxyl groups excluding tert-OH is 2. The molecule has 132 valence electrons. The molecule has 9 heteroatoms. The molecule has 0 radical (unpaired) electrons. The molecule has 2 saturated heterocycles. The number of rotatable bonds is 2. The molecule has 0 aromatic heterocycles. The second kappa shape index (κ2) is 6.01. The molecule has 3 fully saturated rings. The second-order valence-corrected chi connectivity index (χ2v) is 6.40. The van der Waals surface area contributed by atoms with Gasteiger partial charge in [-0.15, -0.1) is 0 Å². The van der Waals surface area contributed by atoms with Gasteiger partial charge < -0.3 is 40.2 Å². The molecule has 0 aromatic rings. The van der Waals surface area contributed by atoms with Gasteiger partial charge in [-0.2, -0.15) is 0 Å². The lowest BCUT2D eigenvalue weighted by Gasteiger charge is -2.55. The van der Waals surface area contributed by atoms with Crippen LogP contribution in [0.4, 0.5) is 0 Å². The number of carbonyl (C=O) groups excluding carboxylic acids is 1. The van der Waals surface area contributed by atoms with Crippen molar-refractivity contribution in [2.24, 2.45) is 0 Å². The average molecular weight is 332 g/mol. The minimum Gasteiger partial charge on any atom is -0.390 e. The largest absolute Gasteiger partial charge is 0.390 e.